The summed E-state index contributed by atoms with van der Waals surface area (Å²) in [4.78, 5) is 24.8. The molecule has 1 atom stereocenters. The first kappa shape index (κ1) is 25.6. The third kappa shape index (κ3) is 9.77. The molecule has 0 heterocycles. The third-order valence-electron chi connectivity index (χ3n) is 5.07. The number of carbonyl (C=O) groups is 2. The van der Waals surface area contributed by atoms with Crippen molar-refractivity contribution in [3.05, 3.63) is 35.9 Å². The number of hydrogen-bond donors (Lipinski definition) is 0. The standard InChI is InChI=1S/C24H37ClO4/c1-3-4-5-6-7-8-9-10-11-12-13-17-20-29-24(25,23(27)28-2)22(26)21-18-15-14-16-19-21/h14-16,18-19H,3-13,17,20H2,1-2H3. The van der Waals surface area contributed by atoms with Gasteiger partial charge in [0.15, 0.2) is 0 Å². The number of ether oxygens (including phenoxy) is 2. The van der Waals surface area contributed by atoms with E-state index >= 15 is 0 Å². The van der Waals surface area contributed by atoms with Gasteiger partial charge in [-0.25, -0.2) is 4.79 Å². The molecule has 0 aromatic heterocycles. The fourth-order valence-corrected chi connectivity index (χ4v) is 3.54. The SMILES string of the molecule is CCCCCCCCCCCCCCOC(Cl)(C(=O)OC)C(=O)c1ccccc1. The lowest BCUT2D eigenvalue weighted by atomic mass is 10.0. The van der Waals surface area contributed by atoms with Gasteiger partial charge in [0.05, 0.1) is 7.11 Å². The minimum absolute atomic E-state index is 0.245. The molecule has 1 aromatic rings. The van der Waals surface area contributed by atoms with E-state index in [1.807, 2.05) is 0 Å². The molecule has 0 N–H and O–H groups in total. The Balaban J connectivity index is 2.23. The first-order chi connectivity index (χ1) is 14.1. The number of hydrogen-bond acceptors (Lipinski definition) is 4. The number of halogens is 1. The van der Waals surface area contributed by atoms with Gasteiger partial charge in [0.1, 0.15) is 0 Å². The smallest absolute Gasteiger partial charge is 0.362 e. The van der Waals surface area contributed by atoms with Crippen molar-refractivity contribution in [2.24, 2.45) is 0 Å². The molecule has 0 aliphatic carbocycles. The van der Waals surface area contributed by atoms with Gasteiger partial charge in [0.2, 0.25) is 5.78 Å². The third-order valence-corrected chi connectivity index (χ3v) is 5.51. The Labute approximate surface area is 181 Å². The van der Waals surface area contributed by atoms with Gasteiger partial charge in [0, 0.05) is 12.2 Å². The van der Waals surface area contributed by atoms with Crippen LogP contribution in [0.25, 0.3) is 0 Å². The first-order valence-corrected chi connectivity index (χ1v) is 11.4. The van der Waals surface area contributed by atoms with E-state index < -0.39 is 16.8 Å². The maximum atomic E-state index is 12.7. The molecule has 0 aliphatic rings. The highest BCUT2D eigenvalue weighted by molar-refractivity contribution is 6.46. The number of Topliss-reactive ketones (excluding diaryl/α,β-unsaturated/α-hetero) is 1. The lowest BCUT2D eigenvalue weighted by Gasteiger charge is -2.23. The van der Waals surface area contributed by atoms with Gasteiger partial charge in [-0.2, -0.15) is 0 Å². The van der Waals surface area contributed by atoms with Crippen LogP contribution in [0.3, 0.4) is 0 Å². The van der Waals surface area contributed by atoms with E-state index in [1.54, 1.807) is 30.3 Å². The maximum Gasteiger partial charge on any atom is 0.362 e. The van der Waals surface area contributed by atoms with E-state index in [1.165, 1.54) is 64.9 Å². The van der Waals surface area contributed by atoms with Crippen molar-refractivity contribution >= 4 is 23.4 Å². The number of unbranched alkanes of at least 4 members (excludes halogenated alkanes) is 11. The Morgan fingerprint density at radius 3 is 1.79 bits per heavy atom. The highest BCUT2D eigenvalue weighted by Gasteiger charge is 2.47. The molecule has 5 heteroatoms. The van der Waals surface area contributed by atoms with Crippen LogP contribution in [-0.2, 0) is 14.3 Å². The molecule has 1 unspecified atom stereocenters. The van der Waals surface area contributed by atoms with Crippen molar-refractivity contribution in [3.8, 4) is 0 Å². The molecule has 29 heavy (non-hydrogen) atoms. The maximum absolute atomic E-state index is 12.7. The van der Waals surface area contributed by atoms with Crippen LogP contribution in [0, 0.1) is 0 Å². The van der Waals surface area contributed by atoms with E-state index in [0.29, 0.717) is 5.56 Å². The quantitative estimate of drug-likeness (QED) is 0.0917. The topological polar surface area (TPSA) is 52.6 Å². The van der Waals surface area contributed by atoms with Crippen molar-refractivity contribution in [1.82, 2.24) is 0 Å². The molecule has 0 fully saturated rings. The fraction of sp³-hybridized carbons (Fsp3) is 0.667. The van der Waals surface area contributed by atoms with Crippen molar-refractivity contribution in [3.63, 3.8) is 0 Å². The zero-order valence-electron chi connectivity index (χ0n) is 18.1. The monoisotopic (exact) mass is 424 g/mol. The average molecular weight is 425 g/mol. The van der Waals surface area contributed by atoms with E-state index in [0.717, 1.165) is 19.3 Å². The number of methoxy groups -OCH3 is 1. The second-order valence-corrected chi connectivity index (χ2v) is 8.05. The Kier molecular flexibility index (Phi) is 13.7. The van der Waals surface area contributed by atoms with Crippen LogP contribution in [0.2, 0.25) is 0 Å². The first-order valence-electron chi connectivity index (χ1n) is 11.1. The molecule has 0 bridgehead atoms. The Hall–Kier alpha value is -1.39. The summed E-state index contributed by atoms with van der Waals surface area (Å²) in [6, 6.07) is 8.43. The molecule has 0 saturated carbocycles. The van der Waals surface area contributed by atoms with Crippen LogP contribution in [0.15, 0.2) is 30.3 Å². The zero-order valence-corrected chi connectivity index (χ0v) is 18.8. The second-order valence-electron chi connectivity index (χ2n) is 7.52. The summed E-state index contributed by atoms with van der Waals surface area (Å²) in [5, 5.41) is -2.12. The van der Waals surface area contributed by atoms with Crippen LogP contribution < -0.4 is 0 Å². The zero-order chi connectivity index (χ0) is 21.4. The number of alkyl halides is 1. The van der Waals surface area contributed by atoms with Crippen LogP contribution in [-0.4, -0.2) is 30.5 Å². The largest absolute Gasteiger partial charge is 0.466 e. The van der Waals surface area contributed by atoms with Gasteiger partial charge in [0.25, 0.3) is 0 Å². The minimum atomic E-state index is -2.12. The van der Waals surface area contributed by atoms with Gasteiger partial charge in [-0.3, -0.25) is 4.79 Å². The molecule has 164 valence electrons. The van der Waals surface area contributed by atoms with Gasteiger partial charge >= 0.3 is 11.0 Å². The van der Waals surface area contributed by atoms with Crippen molar-refractivity contribution in [2.45, 2.75) is 89.0 Å². The summed E-state index contributed by atoms with van der Waals surface area (Å²) in [6.07, 6.45) is 14.7. The second kappa shape index (κ2) is 15.4. The van der Waals surface area contributed by atoms with E-state index in [4.69, 9.17) is 21.1 Å². The van der Waals surface area contributed by atoms with Crippen LogP contribution >= 0.6 is 11.6 Å². The van der Waals surface area contributed by atoms with E-state index in [9.17, 15) is 9.59 Å². The number of esters is 1. The van der Waals surface area contributed by atoms with Crippen LogP contribution in [0.1, 0.15) is 94.3 Å². The molecule has 0 saturated heterocycles. The van der Waals surface area contributed by atoms with Crippen LogP contribution in [0.5, 0.6) is 0 Å². The van der Waals surface area contributed by atoms with E-state index in [-0.39, 0.29) is 6.61 Å². The lowest BCUT2D eigenvalue weighted by Crippen LogP contribution is -2.45. The molecular formula is C24H37ClO4. The molecular weight excluding hydrogens is 388 g/mol. The van der Waals surface area contributed by atoms with Gasteiger partial charge in [-0.1, -0.05) is 119 Å². The predicted octanol–water partition coefficient (Wildman–Crippen LogP) is 6.70. The molecule has 0 spiro atoms. The minimum Gasteiger partial charge on any atom is -0.466 e. The molecule has 4 nitrogen and oxygen atoms in total. The van der Waals surface area contributed by atoms with Gasteiger partial charge < -0.3 is 9.47 Å². The summed E-state index contributed by atoms with van der Waals surface area (Å²) in [6.45, 7) is 2.49. The normalized spacial score (nSPS) is 13.1. The predicted molar refractivity (Wildman–Crippen MR) is 118 cm³/mol. The Morgan fingerprint density at radius 2 is 1.31 bits per heavy atom. The molecule has 0 radical (unpaired) electrons. The summed E-state index contributed by atoms with van der Waals surface area (Å²) >= 11 is 6.27. The molecule has 0 aliphatic heterocycles. The summed E-state index contributed by atoms with van der Waals surface area (Å²) in [5.74, 6) is -1.47. The number of benzene rings is 1. The van der Waals surface area contributed by atoms with E-state index in [2.05, 4.69) is 6.92 Å². The Morgan fingerprint density at radius 1 is 0.828 bits per heavy atom. The van der Waals surface area contributed by atoms with Gasteiger partial charge in [-0.05, 0) is 6.42 Å². The van der Waals surface area contributed by atoms with Gasteiger partial charge in [-0.15, -0.1) is 0 Å². The Bertz CT molecular complexity index is 576. The average Bonchev–Trinajstić information content (AvgIpc) is 2.76. The summed E-state index contributed by atoms with van der Waals surface area (Å²) in [5.41, 5.74) is 0.322. The molecule has 1 rings (SSSR count). The molecule has 1 aromatic carbocycles. The van der Waals surface area contributed by atoms with Crippen LogP contribution in [0.4, 0.5) is 0 Å². The number of carbonyl (C=O) groups excluding carboxylic acids is 2. The number of rotatable bonds is 17. The number of ketones is 1. The molecule has 0 amide bonds. The van der Waals surface area contributed by atoms with Crippen molar-refractivity contribution < 1.29 is 19.1 Å². The fourth-order valence-electron chi connectivity index (χ4n) is 3.28. The van der Waals surface area contributed by atoms with Crippen molar-refractivity contribution in [1.29, 1.82) is 0 Å². The summed E-state index contributed by atoms with van der Waals surface area (Å²) < 4.78 is 10.2. The lowest BCUT2D eigenvalue weighted by molar-refractivity contribution is -0.154. The highest BCUT2D eigenvalue weighted by Crippen LogP contribution is 2.25. The highest BCUT2D eigenvalue weighted by atomic mass is 35.5. The van der Waals surface area contributed by atoms with Crippen molar-refractivity contribution in [2.75, 3.05) is 13.7 Å². The summed E-state index contributed by atoms with van der Waals surface area (Å²) in [7, 11) is 1.20.